The lowest BCUT2D eigenvalue weighted by Crippen LogP contribution is -2.22. The van der Waals surface area contributed by atoms with E-state index in [0.29, 0.717) is 6.07 Å². The van der Waals surface area contributed by atoms with Crippen molar-refractivity contribution < 1.29 is 36.2 Å². The molecule has 0 aliphatic heterocycles. The van der Waals surface area contributed by atoms with E-state index >= 15 is 0 Å². The second-order valence-corrected chi connectivity index (χ2v) is 2.77. The van der Waals surface area contributed by atoms with E-state index in [2.05, 4.69) is 0 Å². The van der Waals surface area contributed by atoms with Crippen molar-refractivity contribution in [1.82, 2.24) is 0 Å². The van der Waals surface area contributed by atoms with E-state index in [0.717, 1.165) is 0 Å². The standard InChI is InChI=1S/C6H8N3O8/c10-5-2(7(12)13)1-3(8(14)15)6(11)4(5)9(16)17/h1,10-14,16-17H/q-1/p-2. The highest BCUT2D eigenvalue weighted by molar-refractivity contribution is 5.83. The zero-order chi connectivity index (χ0) is 13.3. The van der Waals surface area contributed by atoms with Crippen LogP contribution in [-0.2, 0) is 0 Å². The Hall–Kier alpha value is -2.02. The Labute approximate surface area is 92.8 Å². The first-order chi connectivity index (χ1) is 7.77. The summed E-state index contributed by atoms with van der Waals surface area (Å²) in [5.74, 6) is -2.99. The van der Waals surface area contributed by atoms with Gasteiger partial charge in [-0.1, -0.05) is 11.5 Å². The molecule has 0 unspecified atom stereocenters. The summed E-state index contributed by atoms with van der Waals surface area (Å²) >= 11 is 0. The third kappa shape index (κ3) is 2.23. The molecule has 0 aliphatic rings. The number of rotatable bonds is 3. The van der Waals surface area contributed by atoms with Crippen molar-refractivity contribution in [2.75, 3.05) is 15.7 Å². The monoisotopic (exact) mass is 248 g/mol. The van der Waals surface area contributed by atoms with Gasteiger partial charge in [-0.05, 0) is 6.07 Å². The van der Waals surface area contributed by atoms with E-state index < -0.39 is 44.2 Å². The van der Waals surface area contributed by atoms with Crippen LogP contribution in [0.25, 0.3) is 0 Å². The highest BCUT2D eigenvalue weighted by Gasteiger charge is 2.14. The highest BCUT2D eigenvalue weighted by atomic mass is 16.8. The molecule has 0 aromatic heterocycles. The Morgan fingerprint density at radius 3 is 1.65 bits per heavy atom. The minimum Gasteiger partial charge on any atom is -0.870 e. The summed E-state index contributed by atoms with van der Waals surface area (Å²) in [5.41, 5.74) is -3.52. The second kappa shape index (κ2) is 4.46. The van der Waals surface area contributed by atoms with Crippen molar-refractivity contribution in [3.05, 3.63) is 11.3 Å². The largest absolute Gasteiger partial charge is 0.870 e. The van der Waals surface area contributed by atoms with Crippen LogP contribution in [0.2, 0.25) is 0 Å². The lowest BCUT2D eigenvalue weighted by atomic mass is 10.2. The molecule has 1 aromatic rings. The van der Waals surface area contributed by atoms with E-state index in [-0.39, 0.29) is 0 Å². The first-order valence-electron chi connectivity index (χ1n) is 3.84. The normalized spacial score (nSPS) is 10.2. The van der Waals surface area contributed by atoms with Crippen LogP contribution in [-0.4, -0.2) is 26.0 Å². The summed E-state index contributed by atoms with van der Waals surface area (Å²) in [5, 5.41) is 73.5. The van der Waals surface area contributed by atoms with Gasteiger partial charge in [0.2, 0.25) is 0 Å². The molecule has 0 saturated carbocycles. The second-order valence-electron chi connectivity index (χ2n) is 2.77. The smallest absolute Gasteiger partial charge is 0.0907 e. The van der Waals surface area contributed by atoms with Crippen molar-refractivity contribution >= 4 is 17.1 Å². The first-order valence-corrected chi connectivity index (χ1v) is 3.84. The lowest BCUT2D eigenvalue weighted by Gasteiger charge is -2.34. The van der Waals surface area contributed by atoms with Crippen LogP contribution in [0, 0.1) is 5.21 Å². The fraction of sp³-hybridized carbons (Fsp3) is 0. The third-order valence-electron chi connectivity index (χ3n) is 1.79. The van der Waals surface area contributed by atoms with E-state index in [9.17, 15) is 15.4 Å². The van der Waals surface area contributed by atoms with Crippen molar-refractivity contribution in [2.45, 2.75) is 0 Å². The van der Waals surface area contributed by atoms with Gasteiger partial charge in [0, 0.05) is 5.69 Å². The molecule has 0 aliphatic carbocycles. The number of benzene rings is 1. The molecule has 0 amide bonds. The van der Waals surface area contributed by atoms with Gasteiger partial charge in [-0.15, -0.1) is 10.5 Å². The topological polar surface area (TPSA) is 180 Å². The summed E-state index contributed by atoms with van der Waals surface area (Å²) < 4.78 is 0. The van der Waals surface area contributed by atoms with Gasteiger partial charge in [0.15, 0.2) is 0 Å². The van der Waals surface area contributed by atoms with Gasteiger partial charge in [-0.25, -0.2) is 0 Å². The van der Waals surface area contributed by atoms with Crippen LogP contribution in [0.5, 0.6) is 11.5 Å². The fourth-order valence-corrected chi connectivity index (χ4v) is 1.08. The molecule has 96 valence electrons. The Morgan fingerprint density at radius 1 is 0.824 bits per heavy atom. The molecule has 1 rings (SSSR count). The van der Waals surface area contributed by atoms with E-state index in [1.807, 2.05) is 0 Å². The van der Waals surface area contributed by atoms with Gasteiger partial charge in [-0.3, -0.25) is 26.0 Å². The maximum absolute atomic E-state index is 11.3. The molecule has 0 atom stereocenters. The van der Waals surface area contributed by atoms with E-state index in [4.69, 9.17) is 26.0 Å². The third-order valence-corrected chi connectivity index (χ3v) is 1.79. The summed E-state index contributed by atoms with van der Waals surface area (Å²) in [6.45, 7) is 0. The molecule has 11 nitrogen and oxygen atoms in total. The maximum Gasteiger partial charge on any atom is 0.0907 e. The van der Waals surface area contributed by atoms with E-state index in [1.54, 1.807) is 0 Å². The van der Waals surface area contributed by atoms with Gasteiger partial charge in [0.25, 0.3) is 0 Å². The summed E-state index contributed by atoms with van der Waals surface area (Å²) in [6.07, 6.45) is 0. The molecular formula is C6H6N3O8-3. The van der Waals surface area contributed by atoms with Gasteiger partial charge >= 0.3 is 0 Å². The predicted molar refractivity (Wildman–Crippen MR) is 45.1 cm³/mol. The Bertz CT molecular complexity index is 388. The molecular weight excluding hydrogens is 242 g/mol. The molecule has 0 fully saturated rings. The van der Waals surface area contributed by atoms with Crippen molar-refractivity contribution in [2.24, 2.45) is 0 Å². The van der Waals surface area contributed by atoms with Crippen molar-refractivity contribution in [3.63, 3.8) is 0 Å². The van der Waals surface area contributed by atoms with Gasteiger partial charge < -0.3 is 20.6 Å². The molecule has 5 N–H and O–H groups in total. The molecule has 0 spiro atoms. The van der Waals surface area contributed by atoms with Crippen LogP contribution in [0.3, 0.4) is 0 Å². The number of hydrogen-bond donors (Lipinski definition) is 5. The minimum absolute atomic E-state index is 0.352. The predicted octanol–water partition coefficient (Wildman–Crippen LogP) is -1.30. The summed E-state index contributed by atoms with van der Waals surface area (Å²) in [7, 11) is 0. The molecule has 0 heterocycles. The molecule has 0 saturated heterocycles. The highest BCUT2D eigenvalue weighted by Crippen LogP contribution is 2.44. The van der Waals surface area contributed by atoms with Gasteiger partial charge in [-0.2, -0.15) is 0 Å². The molecule has 0 radical (unpaired) electrons. The molecule has 1 aromatic carbocycles. The Morgan fingerprint density at radius 2 is 1.29 bits per heavy atom. The first kappa shape index (κ1) is 13.0. The van der Waals surface area contributed by atoms with Crippen LogP contribution >= 0.6 is 0 Å². The zero-order valence-corrected chi connectivity index (χ0v) is 7.88. The average molecular weight is 248 g/mol. The number of anilines is 3. The fourth-order valence-electron chi connectivity index (χ4n) is 1.08. The Kier molecular flexibility index (Phi) is 3.42. The number of nitrogens with zero attached hydrogens (tertiary/aromatic N) is 3. The zero-order valence-electron chi connectivity index (χ0n) is 7.88. The van der Waals surface area contributed by atoms with Crippen molar-refractivity contribution in [1.29, 1.82) is 0 Å². The van der Waals surface area contributed by atoms with Crippen LogP contribution in [0.4, 0.5) is 17.1 Å². The van der Waals surface area contributed by atoms with Gasteiger partial charge in [0.05, 0.1) is 11.4 Å². The lowest BCUT2D eigenvalue weighted by molar-refractivity contribution is -0.280. The summed E-state index contributed by atoms with van der Waals surface area (Å²) in [6, 6.07) is 0.352. The molecule has 11 heteroatoms. The van der Waals surface area contributed by atoms with E-state index in [1.165, 1.54) is 0 Å². The van der Waals surface area contributed by atoms with Gasteiger partial charge in [0.1, 0.15) is 0 Å². The van der Waals surface area contributed by atoms with Crippen LogP contribution < -0.4 is 25.9 Å². The quantitative estimate of drug-likeness (QED) is 0.401. The summed E-state index contributed by atoms with van der Waals surface area (Å²) in [4.78, 5) is 0. The van der Waals surface area contributed by atoms with Crippen LogP contribution in [0.15, 0.2) is 6.07 Å². The SMILES string of the molecule is [O-]c1c(N([O-])O)cc(N(O)O)c([O-])c1N(O)O. The average Bonchev–Trinajstić information content (AvgIpc) is 2.15. The molecule has 0 bridgehead atoms. The van der Waals surface area contributed by atoms with Crippen LogP contribution in [0.1, 0.15) is 0 Å². The molecule has 17 heavy (non-hydrogen) atoms. The maximum atomic E-state index is 11.3. The Balaban J connectivity index is 3.58. The van der Waals surface area contributed by atoms with Crippen molar-refractivity contribution in [3.8, 4) is 11.5 Å². The minimum atomic E-state index is -1.51. The number of hydrogen-bond acceptors (Lipinski definition) is 11.